The Hall–Kier alpha value is -2.54. The molecule has 1 amide bonds. The summed E-state index contributed by atoms with van der Waals surface area (Å²) in [6.45, 7) is 0. The molecule has 0 aliphatic heterocycles. The Bertz CT molecular complexity index is 716. The van der Waals surface area contributed by atoms with E-state index in [2.05, 4.69) is 26.2 Å². The summed E-state index contributed by atoms with van der Waals surface area (Å²) in [5.41, 5.74) is 0.304. The van der Waals surface area contributed by atoms with Gasteiger partial charge < -0.3 is 5.32 Å². The zero-order chi connectivity index (χ0) is 15.2. The first-order chi connectivity index (χ1) is 10.1. The Morgan fingerprint density at radius 1 is 1.29 bits per heavy atom. The molecule has 0 aliphatic carbocycles. The smallest absolute Gasteiger partial charge is 0.276 e. The normalized spacial score (nSPS) is 10.5. The van der Waals surface area contributed by atoms with E-state index in [9.17, 15) is 14.9 Å². The Kier molecular flexibility index (Phi) is 4.78. The van der Waals surface area contributed by atoms with E-state index >= 15 is 0 Å². The van der Waals surface area contributed by atoms with Gasteiger partial charge in [-0.25, -0.2) is 4.98 Å². The summed E-state index contributed by atoms with van der Waals surface area (Å²) < 4.78 is 0.650. The van der Waals surface area contributed by atoms with Crippen molar-refractivity contribution in [1.82, 2.24) is 4.98 Å². The topological polar surface area (TPSA) is 85.1 Å². The zero-order valence-electron chi connectivity index (χ0n) is 10.7. The number of carbonyl (C=O) groups is 1. The minimum absolute atomic E-state index is 0.0550. The molecule has 0 radical (unpaired) electrons. The van der Waals surface area contributed by atoms with Gasteiger partial charge in [-0.1, -0.05) is 12.1 Å². The number of aromatic nitrogens is 1. The zero-order valence-corrected chi connectivity index (χ0v) is 12.3. The second-order valence-corrected chi connectivity index (χ2v) is 4.83. The molecule has 1 aromatic carbocycles. The maximum atomic E-state index is 11.8. The number of rotatable bonds is 4. The first-order valence-corrected chi connectivity index (χ1v) is 6.70. The fourth-order valence-electron chi connectivity index (χ4n) is 1.60. The van der Waals surface area contributed by atoms with Crippen molar-refractivity contribution < 1.29 is 9.72 Å². The quantitative estimate of drug-likeness (QED) is 0.521. The minimum atomic E-state index is -0.493. The second-order valence-electron chi connectivity index (χ2n) is 3.97. The standard InChI is InChI=1S/C14H10BrN3O3/c15-11-5-3-9-16-14(11)17-13(19)8-7-10-4-1-2-6-12(10)18(20)21/h1-9H,(H,16,17,19). The number of para-hydroxylation sites is 1. The summed E-state index contributed by atoms with van der Waals surface area (Å²) in [5.74, 6) is -0.0396. The third-order valence-electron chi connectivity index (χ3n) is 2.55. The van der Waals surface area contributed by atoms with E-state index in [1.165, 1.54) is 18.2 Å². The van der Waals surface area contributed by atoms with Crippen LogP contribution < -0.4 is 5.32 Å². The van der Waals surface area contributed by atoms with Crippen LogP contribution in [0, 0.1) is 10.1 Å². The van der Waals surface area contributed by atoms with Crippen LogP contribution in [0.25, 0.3) is 6.08 Å². The molecule has 0 fully saturated rings. The van der Waals surface area contributed by atoms with Gasteiger partial charge in [0.2, 0.25) is 5.91 Å². The summed E-state index contributed by atoms with van der Waals surface area (Å²) >= 11 is 3.26. The molecule has 106 valence electrons. The lowest BCUT2D eigenvalue weighted by Crippen LogP contribution is -2.09. The highest BCUT2D eigenvalue weighted by Crippen LogP contribution is 2.20. The number of nitrogens with zero attached hydrogens (tertiary/aromatic N) is 2. The Labute approximate surface area is 128 Å². The predicted octanol–water partition coefficient (Wildman–Crippen LogP) is 3.40. The molecule has 0 unspecified atom stereocenters. The molecule has 1 aromatic heterocycles. The van der Waals surface area contributed by atoms with E-state index in [0.717, 1.165) is 0 Å². The van der Waals surface area contributed by atoms with E-state index in [-0.39, 0.29) is 5.69 Å². The number of nitro benzene ring substituents is 1. The van der Waals surface area contributed by atoms with E-state index in [1.807, 2.05) is 0 Å². The highest BCUT2D eigenvalue weighted by Gasteiger charge is 2.10. The molecule has 2 rings (SSSR count). The van der Waals surface area contributed by atoms with Gasteiger partial charge in [-0.15, -0.1) is 0 Å². The van der Waals surface area contributed by atoms with Crippen LogP contribution in [0.1, 0.15) is 5.56 Å². The molecule has 0 saturated heterocycles. The average molecular weight is 348 g/mol. The van der Waals surface area contributed by atoms with Crippen LogP contribution in [-0.4, -0.2) is 15.8 Å². The monoisotopic (exact) mass is 347 g/mol. The third-order valence-corrected chi connectivity index (χ3v) is 3.19. The third kappa shape index (κ3) is 3.96. The fourth-order valence-corrected chi connectivity index (χ4v) is 1.95. The minimum Gasteiger partial charge on any atom is -0.306 e. The average Bonchev–Trinajstić information content (AvgIpc) is 2.48. The number of nitro groups is 1. The van der Waals surface area contributed by atoms with Gasteiger partial charge >= 0.3 is 0 Å². The van der Waals surface area contributed by atoms with Crippen LogP contribution in [-0.2, 0) is 4.79 Å². The Morgan fingerprint density at radius 2 is 2.05 bits per heavy atom. The number of halogens is 1. The first kappa shape index (κ1) is 14.9. The Morgan fingerprint density at radius 3 is 2.76 bits per heavy atom. The molecule has 1 N–H and O–H groups in total. The predicted molar refractivity (Wildman–Crippen MR) is 82.7 cm³/mol. The van der Waals surface area contributed by atoms with E-state index in [1.54, 1.807) is 36.5 Å². The van der Waals surface area contributed by atoms with Gasteiger partial charge in [0.05, 0.1) is 15.0 Å². The molecule has 7 heteroatoms. The molecular weight excluding hydrogens is 338 g/mol. The number of amides is 1. The van der Waals surface area contributed by atoms with Crippen LogP contribution in [0.2, 0.25) is 0 Å². The highest BCUT2D eigenvalue weighted by atomic mass is 79.9. The van der Waals surface area contributed by atoms with Crippen molar-refractivity contribution in [3.05, 3.63) is 68.8 Å². The van der Waals surface area contributed by atoms with Crippen molar-refractivity contribution in [1.29, 1.82) is 0 Å². The number of nitrogens with one attached hydrogen (secondary N) is 1. The molecule has 0 bridgehead atoms. The van der Waals surface area contributed by atoms with Gasteiger partial charge in [-0.05, 0) is 40.2 Å². The van der Waals surface area contributed by atoms with Crippen LogP contribution in [0.15, 0.2) is 53.1 Å². The summed E-state index contributed by atoms with van der Waals surface area (Å²) in [5, 5.41) is 13.4. The van der Waals surface area contributed by atoms with Gasteiger partial charge in [0.25, 0.3) is 5.69 Å². The fraction of sp³-hybridized carbons (Fsp3) is 0. The summed E-state index contributed by atoms with van der Waals surface area (Å²) in [6.07, 6.45) is 4.17. The van der Waals surface area contributed by atoms with E-state index < -0.39 is 10.8 Å². The van der Waals surface area contributed by atoms with Crippen molar-refractivity contribution in [3.63, 3.8) is 0 Å². The van der Waals surface area contributed by atoms with Crippen LogP contribution in [0.3, 0.4) is 0 Å². The Balaban J connectivity index is 2.13. The number of anilines is 1. The summed E-state index contributed by atoms with van der Waals surface area (Å²) in [4.78, 5) is 26.2. The van der Waals surface area contributed by atoms with Crippen molar-refractivity contribution in [3.8, 4) is 0 Å². The van der Waals surface area contributed by atoms with Gasteiger partial charge in [-0.3, -0.25) is 14.9 Å². The van der Waals surface area contributed by atoms with Crippen molar-refractivity contribution in [2.75, 3.05) is 5.32 Å². The highest BCUT2D eigenvalue weighted by molar-refractivity contribution is 9.10. The number of benzene rings is 1. The maximum Gasteiger partial charge on any atom is 0.276 e. The number of hydrogen-bond acceptors (Lipinski definition) is 4. The number of hydrogen-bond donors (Lipinski definition) is 1. The lowest BCUT2D eigenvalue weighted by atomic mass is 10.1. The van der Waals surface area contributed by atoms with Gasteiger partial charge in [0.15, 0.2) is 0 Å². The number of carbonyl (C=O) groups excluding carboxylic acids is 1. The van der Waals surface area contributed by atoms with Crippen molar-refractivity contribution in [2.45, 2.75) is 0 Å². The molecule has 1 heterocycles. The molecule has 0 saturated carbocycles. The van der Waals surface area contributed by atoms with E-state index in [4.69, 9.17) is 0 Å². The largest absolute Gasteiger partial charge is 0.306 e. The van der Waals surface area contributed by atoms with Gasteiger partial charge in [0, 0.05) is 18.3 Å². The lowest BCUT2D eigenvalue weighted by Gasteiger charge is -2.02. The second kappa shape index (κ2) is 6.76. The van der Waals surface area contributed by atoms with Crippen LogP contribution >= 0.6 is 15.9 Å². The van der Waals surface area contributed by atoms with Crippen molar-refractivity contribution in [2.24, 2.45) is 0 Å². The molecule has 0 aliphatic rings. The van der Waals surface area contributed by atoms with Gasteiger partial charge in [0.1, 0.15) is 5.82 Å². The molecule has 2 aromatic rings. The SMILES string of the molecule is O=C(C=Cc1ccccc1[N+](=O)[O-])Nc1ncccc1Br. The van der Waals surface area contributed by atoms with E-state index in [0.29, 0.717) is 15.9 Å². The summed E-state index contributed by atoms with van der Waals surface area (Å²) in [7, 11) is 0. The lowest BCUT2D eigenvalue weighted by molar-refractivity contribution is -0.385. The molecule has 21 heavy (non-hydrogen) atoms. The van der Waals surface area contributed by atoms with Gasteiger partial charge in [-0.2, -0.15) is 0 Å². The van der Waals surface area contributed by atoms with Crippen molar-refractivity contribution >= 4 is 39.4 Å². The number of pyridine rings is 1. The molecule has 0 spiro atoms. The maximum absolute atomic E-state index is 11.8. The molecule has 6 nitrogen and oxygen atoms in total. The van der Waals surface area contributed by atoms with Crippen LogP contribution in [0.4, 0.5) is 11.5 Å². The van der Waals surface area contributed by atoms with Crippen LogP contribution in [0.5, 0.6) is 0 Å². The first-order valence-electron chi connectivity index (χ1n) is 5.91. The summed E-state index contributed by atoms with van der Waals surface area (Å²) in [6, 6.07) is 9.66. The molecule has 0 atom stereocenters. The molecular formula is C14H10BrN3O3.